The number of aryl methyl sites for hydroxylation is 1. The van der Waals surface area contributed by atoms with E-state index >= 15 is 0 Å². The Bertz CT molecular complexity index is 1960. The predicted molar refractivity (Wildman–Crippen MR) is 203 cm³/mol. The zero-order valence-corrected chi connectivity index (χ0v) is 30.6. The van der Waals surface area contributed by atoms with Crippen LogP contribution in [0.5, 0.6) is 0 Å². The molecule has 2 amide bonds. The summed E-state index contributed by atoms with van der Waals surface area (Å²) in [5.41, 5.74) is 8.75. The molecule has 50 heavy (non-hydrogen) atoms. The maximum atomic E-state index is 14.0. The van der Waals surface area contributed by atoms with E-state index in [-0.39, 0.29) is 17.9 Å². The standard InChI is InChI=1S/C41H45ClN2O5S/c1-27-25-35(42)19-22-37(27)31-15-20-36(21-16-31)44-40(46)38(26-28-5-7-33(8-6-28)39(45)43-23-24-50(47,48)49)32-11-9-29(10-12-32)30-13-17-34(18-14-30)41(2,3)4/h5-13,15-16,19-22,25,34,38H,14,17-18,23-24,26H2,1-4H3,(H,43,45)(H,44,46)(H,47,48,49)/t34-,38-/m0/s1. The Hall–Kier alpha value is -4.24. The minimum atomic E-state index is -4.17. The fraction of sp³-hybridized carbons (Fsp3) is 0.317. The van der Waals surface area contributed by atoms with Crippen molar-refractivity contribution >= 4 is 44.8 Å². The van der Waals surface area contributed by atoms with E-state index in [0.717, 1.165) is 47.1 Å². The third kappa shape index (κ3) is 9.93. The van der Waals surface area contributed by atoms with Crippen LogP contribution in [0.3, 0.4) is 0 Å². The van der Waals surface area contributed by atoms with Gasteiger partial charge >= 0.3 is 0 Å². The Morgan fingerprint density at radius 2 is 1.58 bits per heavy atom. The van der Waals surface area contributed by atoms with Gasteiger partial charge in [-0.3, -0.25) is 14.1 Å². The molecule has 1 aliphatic rings. The Morgan fingerprint density at radius 1 is 0.920 bits per heavy atom. The van der Waals surface area contributed by atoms with Crippen molar-refractivity contribution < 1.29 is 22.6 Å². The molecular weight excluding hydrogens is 668 g/mol. The Morgan fingerprint density at radius 3 is 2.16 bits per heavy atom. The first-order chi connectivity index (χ1) is 23.7. The molecule has 1 aliphatic carbocycles. The first kappa shape index (κ1) is 37.0. The van der Waals surface area contributed by atoms with Crippen molar-refractivity contribution in [1.82, 2.24) is 5.32 Å². The van der Waals surface area contributed by atoms with Crippen LogP contribution >= 0.6 is 11.6 Å². The van der Waals surface area contributed by atoms with Gasteiger partial charge in [-0.15, -0.1) is 0 Å². The lowest BCUT2D eigenvalue weighted by Crippen LogP contribution is -2.28. The molecule has 5 rings (SSSR count). The minimum absolute atomic E-state index is 0.148. The SMILES string of the molecule is Cc1cc(Cl)ccc1-c1ccc(NC(=O)[C@@H](Cc2ccc(C(=O)NCCS(=O)(=O)O)cc2)c2ccc(C3=CC[C@H](C(C)(C)C)CC3)cc2)cc1. The molecule has 0 spiro atoms. The summed E-state index contributed by atoms with van der Waals surface area (Å²) in [4.78, 5) is 26.5. The smallest absolute Gasteiger partial charge is 0.266 e. The largest absolute Gasteiger partial charge is 0.351 e. The molecule has 0 bridgehead atoms. The van der Waals surface area contributed by atoms with E-state index in [4.69, 9.17) is 16.2 Å². The third-order valence-corrected chi connectivity index (χ3v) is 10.5. The van der Waals surface area contributed by atoms with Crippen molar-refractivity contribution in [3.8, 4) is 11.1 Å². The van der Waals surface area contributed by atoms with Crippen LogP contribution in [0.1, 0.15) is 78.6 Å². The van der Waals surface area contributed by atoms with Crippen LogP contribution in [0.15, 0.2) is 97.1 Å². The highest BCUT2D eigenvalue weighted by Crippen LogP contribution is 2.40. The quantitative estimate of drug-likeness (QED) is 0.134. The topological polar surface area (TPSA) is 113 Å². The Labute approximate surface area is 300 Å². The van der Waals surface area contributed by atoms with Gasteiger partial charge in [-0.05, 0) is 119 Å². The average Bonchev–Trinajstić information content (AvgIpc) is 3.07. The number of hydrogen-bond donors (Lipinski definition) is 3. The second-order valence-electron chi connectivity index (χ2n) is 14.2. The molecule has 4 aromatic carbocycles. The Kier molecular flexibility index (Phi) is 11.7. The van der Waals surface area contributed by atoms with Crippen LogP contribution < -0.4 is 10.6 Å². The van der Waals surface area contributed by atoms with Crippen LogP contribution in [0.4, 0.5) is 5.69 Å². The van der Waals surface area contributed by atoms with Crippen LogP contribution in [0.25, 0.3) is 16.7 Å². The molecule has 4 aromatic rings. The van der Waals surface area contributed by atoms with Crippen molar-refractivity contribution in [1.29, 1.82) is 0 Å². The molecule has 9 heteroatoms. The van der Waals surface area contributed by atoms with Gasteiger partial charge in [0.25, 0.3) is 16.0 Å². The van der Waals surface area contributed by atoms with Crippen molar-refractivity contribution in [2.45, 2.75) is 59.3 Å². The molecule has 0 saturated heterocycles. The molecule has 0 unspecified atom stereocenters. The summed E-state index contributed by atoms with van der Waals surface area (Å²) in [6, 6.07) is 28.8. The number of carbonyl (C=O) groups excluding carboxylic acids is 2. The van der Waals surface area contributed by atoms with Crippen LogP contribution in [-0.4, -0.2) is 37.1 Å². The minimum Gasteiger partial charge on any atom is -0.351 e. The third-order valence-electron chi connectivity index (χ3n) is 9.59. The highest BCUT2D eigenvalue weighted by atomic mass is 35.5. The van der Waals surface area contributed by atoms with Gasteiger partial charge in [0.05, 0.1) is 11.7 Å². The molecule has 262 valence electrons. The van der Waals surface area contributed by atoms with Gasteiger partial charge in [-0.2, -0.15) is 8.42 Å². The molecule has 0 heterocycles. The molecule has 0 fully saturated rings. The van der Waals surface area contributed by atoms with E-state index in [9.17, 15) is 18.0 Å². The lowest BCUT2D eigenvalue weighted by atomic mass is 9.72. The molecule has 3 N–H and O–H groups in total. The summed E-state index contributed by atoms with van der Waals surface area (Å²) in [5, 5.41) is 6.30. The van der Waals surface area contributed by atoms with Gasteiger partial charge < -0.3 is 10.6 Å². The zero-order chi connectivity index (χ0) is 36.1. The summed E-state index contributed by atoms with van der Waals surface area (Å²) in [7, 11) is -4.17. The number of amides is 2. The maximum Gasteiger partial charge on any atom is 0.266 e. The van der Waals surface area contributed by atoms with Crippen LogP contribution in [0, 0.1) is 18.3 Å². The molecule has 7 nitrogen and oxygen atoms in total. The fourth-order valence-electron chi connectivity index (χ4n) is 6.51. The summed E-state index contributed by atoms with van der Waals surface area (Å²) >= 11 is 6.15. The summed E-state index contributed by atoms with van der Waals surface area (Å²) in [5.74, 6) is -1.01. The number of anilines is 1. The molecular formula is C41H45ClN2O5S. The number of rotatable bonds is 11. The number of hydrogen-bond acceptors (Lipinski definition) is 4. The second-order valence-corrected chi connectivity index (χ2v) is 16.2. The highest BCUT2D eigenvalue weighted by Gasteiger charge is 2.27. The van der Waals surface area contributed by atoms with Gasteiger partial charge in [-0.25, -0.2) is 0 Å². The van der Waals surface area contributed by atoms with Crippen molar-refractivity contribution in [3.05, 3.63) is 130 Å². The lowest BCUT2D eigenvalue weighted by Gasteiger charge is -2.33. The predicted octanol–water partition coefficient (Wildman–Crippen LogP) is 9.13. The monoisotopic (exact) mass is 712 g/mol. The highest BCUT2D eigenvalue weighted by molar-refractivity contribution is 7.85. The maximum absolute atomic E-state index is 14.0. The van der Waals surface area contributed by atoms with Gasteiger partial charge in [0.1, 0.15) is 0 Å². The van der Waals surface area contributed by atoms with E-state index < -0.39 is 27.7 Å². The van der Waals surface area contributed by atoms with E-state index in [1.165, 1.54) is 11.1 Å². The summed E-state index contributed by atoms with van der Waals surface area (Å²) in [6.07, 6.45) is 6.03. The van der Waals surface area contributed by atoms with Crippen LogP contribution in [-0.2, 0) is 21.3 Å². The molecule has 0 aromatic heterocycles. The summed E-state index contributed by atoms with van der Waals surface area (Å²) in [6.45, 7) is 8.74. The number of benzene rings is 4. The number of allylic oxidation sites excluding steroid dienone is 2. The van der Waals surface area contributed by atoms with E-state index in [1.54, 1.807) is 24.3 Å². The normalized spacial score (nSPS) is 15.6. The van der Waals surface area contributed by atoms with Gasteiger partial charge in [-0.1, -0.05) is 93.0 Å². The van der Waals surface area contributed by atoms with Crippen molar-refractivity contribution in [3.63, 3.8) is 0 Å². The number of halogens is 1. The van der Waals surface area contributed by atoms with Crippen molar-refractivity contribution in [2.75, 3.05) is 17.6 Å². The second kappa shape index (κ2) is 15.8. The molecule has 2 atom stereocenters. The zero-order valence-electron chi connectivity index (χ0n) is 29.0. The Balaban J connectivity index is 1.35. The first-order valence-electron chi connectivity index (χ1n) is 17.0. The molecule has 0 saturated carbocycles. The van der Waals surface area contributed by atoms with Gasteiger partial charge in [0.15, 0.2) is 0 Å². The average molecular weight is 713 g/mol. The van der Waals surface area contributed by atoms with Gasteiger partial charge in [0, 0.05) is 22.8 Å². The molecule has 0 aliphatic heterocycles. The van der Waals surface area contributed by atoms with E-state index in [1.807, 2.05) is 61.5 Å². The lowest BCUT2D eigenvalue weighted by molar-refractivity contribution is -0.117. The van der Waals surface area contributed by atoms with Gasteiger partial charge in [0.2, 0.25) is 5.91 Å². The van der Waals surface area contributed by atoms with E-state index in [2.05, 4.69) is 49.6 Å². The first-order valence-corrected chi connectivity index (χ1v) is 18.9. The van der Waals surface area contributed by atoms with E-state index in [0.29, 0.717) is 28.6 Å². The fourth-order valence-corrected chi connectivity index (χ4v) is 7.10. The summed E-state index contributed by atoms with van der Waals surface area (Å²) < 4.78 is 30.9. The molecule has 0 radical (unpaired) electrons. The number of nitrogens with one attached hydrogen (secondary N) is 2. The number of carbonyl (C=O) groups is 2. The van der Waals surface area contributed by atoms with Crippen LogP contribution in [0.2, 0.25) is 5.02 Å². The van der Waals surface area contributed by atoms with Crippen molar-refractivity contribution in [2.24, 2.45) is 11.3 Å².